The van der Waals surface area contributed by atoms with Crippen molar-refractivity contribution in [1.29, 1.82) is 0 Å². The summed E-state index contributed by atoms with van der Waals surface area (Å²) in [5, 5.41) is 2.17. The second-order valence-corrected chi connectivity index (χ2v) is 12.0. The van der Waals surface area contributed by atoms with Gasteiger partial charge in [0.15, 0.2) is 17.5 Å². The van der Waals surface area contributed by atoms with E-state index in [1.807, 2.05) is 66.7 Å². The SMILES string of the molecule is c1ccc(-c2ccc(-c3cccc4c3oc3c(-c5cccc(-c6nc(-c7ccccc7)nc(-c7ccccc7)n6)c5)cccc34)cc2)cc1. The lowest BCUT2D eigenvalue weighted by Gasteiger charge is -2.10. The van der Waals surface area contributed by atoms with E-state index in [4.69, 9.17) is 19.4 Å². The average molecular weight is 628 g/mol. The summed E-state index contributed by atoms with van der Waals surface area (Å²) in [5.74, 6) is 1.89. The standard InChI is InChI=1S/C45H29N3O/c1-4-13-30(14-5-1)31-25-27-32(28-26-31)37-21-11-23-39-40-24-12-22-38(42(40)49-41(37)39)35-19-10-20-36(29-35)45-47-43(33-15-6-2-7-16-33)46-44(48-45)34-17-8-3-9-18-34/h1-29H. The zero-order valence-corrected chi connectivity index (χ0v) is 26.5. The third-order valence-electron chi connectivity index (χ3n) is 8.96. The zero-order chi connectivity index (χ0) is 32.6. The third-order valence-corrected chi connectivity index (χ3v) is 8.96. The monoisotopic (exact) mass is 627 g/mol. The Bertz CT molecular complexity index is 2520. The van der Waals surface area contributed by atoms with Gasteiger partial charge in [-0.2, -0.15) is 0 Å². The molecule has 7 aromatic carbocycles. The highest BCUT2D eigenvalue weighted by atomic mass is 16.3. The molecule has 2 aromatic heterocycles. The smallest absolute Gasteiger partial charge is 0.164 e. The fourth-order valence-corrected chi connectivity index (χ4v) is 6.51. The molecular formula is C45H29N3O. The summed E-state index contributed by atoms with van der Waals surface area (Å²) in [6.07, 6.45) is 0. The molecule has 230 valence electrons. The Kier molecular flexibility index (Phi) is 7.10. The van der Waals surface area contributed by atoms with Gasteiger partial charge in [0.2, 0.25) is 0 Å². The van der Waals surface area contributed by atoms with Crippen LogP contribution in [-0.4, -0.2) is 15.0 Å². The van der Waals surface area contributed by atoms with E-state index in [9.17, 15) is 0 Å². The Labute approximate surface area is 284 Å². The normalized spacial score (nSPS) is 11.3. The molecule has 0 bridgehead atoms. The molecule has 9 aromatic rings. The summed E-state index contributed by atoms with van der Waals surface area (Å²) >= 11 is 0. The van der Waals surface area contributed by atoms with E-state index in [2.05, 4.69) is 109 Å². The Balaban J connectivity index is 1.15. The van der Waals surface area contributed by atoms with Crippen molar-refractivity contribution in [2.45, 2.75) is 0 Å². The van der Waals surface area contributed by atoms with Crippen LogP contribution in [0.1, 0.15) is 0 Å². The van der Waals surface area contributed by atoms with E-state index in [1.54, 1.807) is 0 Å². The van der Waals surface area contributed by atoms with Crippen molar-refractivity contribution >= 4 is 21.9 Å². The van der Waals surface area contributed by atoms with Gasteiger partial charge in [0.1, 0.15) is 11.2 Å². The molecule has 0 saturated heterocycles. The molecule has 0 fully saturated rings. The molecule has 0 aliphatic heterocycles. The topological polar surface area (TPSA) is 51.8 Å². The fraction of sp³-hybridized carbons (Fsp3) is 0. The van der Waals surface area contributed by atoms with Gasteiger partial charge in [0, 0.05) is 38.6 Å². The van der Waals surface area contributed by atoms with Crippen LogP contribution in [0.15, 0.2) is 180 Å². The molecule has 4 nitrogen and oxygen atoms in total. The summed E-state index contributed by atoms with van der Waals surface area (Å²) in [5.41, 5.74) is 11.1. The van der Waals surface area contributed by atoms with Gasteiger partial charge in [-0.25, -0.2) is 15.0 Å². The van der Waals surface area contributed by atoms with Crippen LogP contribution >= 0.6 is 0 Å². The summed E-state index contributed by atoms with van der Waals surface area (Å²) in [6.45, 7) is 0. The Morgan fingerprint density at radius 2 is 0.673 bits per heavy atom. The molecule has 0 amide bonds. The number of aromatic nitrogens is 3. The molecule has 0 spiro atoms. The van der Waals surface area contributed by atoms with Gasteiger partial charge >= 0.3 is 0 Å². The van der Waals surface area contributed by atoms with E-state index in [-0.39, 0.29) is 0 Å². The highest BCUT2D eigenvalue weighted by molar-refractivity contribution is 6.13. The number of benzene rings is 7. The van der Waals surface area contributed by atoms with Gasteiger partial charge in [-0.05, 0) is 28.3 Å². The number of nitrogens with zero attached hydrogens (tertiary/aromatic N) is 3. The number of para-hydroxylation sites is 2. The highest BCUT2D eigenvalue weighted by Gasteiger charge is 2.17. The predicted molar refractivity (Wildman–Crippen MR) is 200 cm³/mol. The molecule has 0 aliphatic carbocycles. The Hall–Kier alpha value is -6.65. The minimum absolute atomic E-state index is 0.618. The van der Waals surface area contributed by atoms with E-state index < -0.39 is 0 Å². The van der Waals surface area contributed by atoms with E-state index >= 15 is 0 Å². The number of fused-ring (bicyclic) bond motifs is 3. The fourth-order valence-electron chi connectivity index (χ4n) is 6.51. The zero-order valence-electron chi connectivity index (χ0n) is 26.5. The first-order chi connectivity index (χ1) is 24.3. The molecule has 9 rings (SSSR count). The first-order valence-corrected chi connectivity index (χ1v) is 16.4. The first-order valence-electron chi connectivity index (χ1n) is 16.4. The average Bonchev–Trinajstić information content (AvgIpc) is 3.58. The van der Waals surface area contributed by atoms with Gasteiger partial charge in [-0.1, -0.05) is 170 Å². The van der Waals surface area contributed by atoms with Crippen LogP contribution in [0, 0.1) is 0 Å². The van der Waals surface area contributed by atoms with Gasteiger partial charge in [-0.3, -0.25) is 0 Å². The number of hydrogen-bond donors (Lipinski definition) is 0. The van der Waals surface area contributed by atoms with Gasteiger partial charge < -0.3 is 4.42 Å². The maximum atomic E-state index is 6.80. The minimum atomic E-state index is 0.618. The van der Waals surface area contributed by atoms with Crippen molar-refractivity contribution in [3.63, 3.8) is 0 Å². The molecular weight excluding hydrogens is 599 g/mol. The van der Waals surface area contributed by atoms with Gasteiger partial charge in [0.25, 0.3) is 0 Å². The minimum Gasteiger partial charge on any atom is -0.455 e. The lowest BCUT2D eigenvalue weighted by Crippen LogP contribution is -2.00. The van der Waals surface area contributed by atoms with Crippen molar-refractivity contribution in [2.75, 3.05) is 0 Å². The van der Waals surface area contributed by atoms with E-state index in [0.717, 1.165) is 60.9 Å². The van der Waals surface area contributed by atoms with Crippen molar-refractivity contribution in [1.82, 2.24) is 15.0 Å². The van der Waals surface area contributed by atoms with Crippen molar-refractivity contribution in [3.8, 4) is 67.5 Å². The largest absolute Gasteiger partial charge is 0.455 e. The second kappa shape index (κ2) is 12.2. The molecule has 0 aliphatic rings. The van der Waals surface area contributed by atoms with Crippen LogP contribution < -0.4 is 0 Å². The van der Waals surface area contributed by atoms with Gasteiger partial charge in [-0.15, -0.1) is 0 Å². The van der Waals surface area contributed by atoms with Gasteiger partial charge in [0.05, 0.1) is 0 Å². The molecule has 49 heavy (non-hydrogen) atoms. The van der Waals surface area contributed by atoms with Crippen LogP contribution in [0.3, 0.4) is 0 Å². The van der Waals surface area contributed by atoms with Crippen LogP contribution in [0.4, 0.5) is 0 Å². The molecule has 2 heterocycles. The predicted octanol–water partition coefficient (Wildman–Crippen LogP) is 11.8. The van der Waals surface area contributed by atoms with E-state index in [1.165, 1.54) is 11.1 Å². The molecule has 0 unspecified atom stereocenters. The summed E-state index contributed by atoms with van der Waals surface area (Å²) in [7, 11) is 0. The molecule has 4 heteroatoms. The Morgan fingerprint density at radius 1 is 0.286 bits per heavy atom. The molecule has 0 N–H and O–H groups in total. The first kappa shape index (κ1) is 28.6. The summed E-state index contributed by atoms with van der Waals surface area (Å²) in [6, 6.07) is 60.4. The lowest BCUT2D eigenvalue weighted by atomic mass is 9.98. The highest BCUT2D eigenvalue weighted by Crippen LogP contribution is 2.40. The maximum absolute atomic E-state index is 6.80. The molecule has 0 saturated carbocycles. The van der Waals surface area contributed by atoms with Crippen LogP contribution in [0.5, 0.6) is 0 Å². The quantitative estimate of drug-likeness (QED) is 0.184. The number of furan rings is 1. The van der Waals surface area contributed by atoms with Crippen LogP contribution in [0.2, 0.25) is 0 Å². The van der Waals surface area contributed by atoms with Crippen molar-refractivity contribution in [2.24, 2.45) is 0 Å². The van der Waals surface area contributed by atoms with Crippen LogP contribution in [-0.2, 0) is 0 Å². The Morgan fingerprint density at radius 3 is 1.22 bits per heavy atom. The van der Waals surface area contributed by atoms with Crippen molar-refractivity contribution < 1.29 is 4.42 Å². The summed E-state index contributed by atoms with van der Waals surface area (Å²) < 4.78 is 6.80. The lowest BCUT2D eigenvalue weighted by molar-refractivity contribution is 0.671. The van der Waals surface area contributed by atoms with Crippen LogP contribution in [0.25, 0.3) is 89.5 Å². The maximum Gasteiger partial charge on any atom is 0.164 e. The summed E-state index contributed by atoms with van der Waals surface area (Å²) in [4.78, 5) is 14.8. The number of hydrogen-bond acceptors (Lipinski definition) is 4. The third kappa shape index (κ3) is 5.35. The molecule has 0 radical (unpaired) electrons. The van der Waals surface area contributed by atoms with E-state index in [0.29, 0.717) is 17.5 Å². The van der Waals surface area contributed by atoms with Crippen molar-refractivity contribution in [3.05, 3.63) is 176 Å². The second-order valence-electron chi connectivity index (χ2n) is 12.0. The number of rotatable bonds is 6. The molecule has 0 atom stereocenters.